The lowest BCUT2D eigenvalue weighted by Gasteiger charge is -2.33. The average molecular weight is 323 g/mol. The van der Waals surface area contributed by atoms with Gasteiger partial charge in [0.1, 0.15) is 0 Å². The molecule has 2 fully saturated rings. The van der Waals surface area contributed by atoms with Crippen molar-refractivity contribution in [2.45, 2.75) is 50.2 Å². The molecule has 3 unspecified atom stereocenters. The van der Waals surface area contributed by atoms with Crippen LogP contribution in [0.3, 0.4) is 0 Å². The van der Waals surface area contributed by atoms with Crippen LogP contribution in [-0.2, 0) is 14.3 Å². The summed E-state index contributed by atoms with van der Waals surface area (Å²) in [7, 11) is 0. The molecule has 1 heterocycles. The van der Waals surface area contributed by atoms with Gasteiger partial charge >= 0.3 is 12.1 Å². The summed E-state index contributed by atoms with van der Waals surface area (Å²) in [5.74, 6) is -3.72. The van der Waals surface area contributed by atoms with E-state index in [4.69, 9.17) is 9.84 Å². The van der Waals surface area contributed by atoms with Crippen molar-refractivity contribution in [1.29, 1.82) is 0 Å². The second-order valence-electron chi connectivity index (χ2n) is 6.24. The molecule has 1 saturated carbocycles. The zero-order valence-electron chi connectivity index (χ0n) is 12.1. The molecule has 2 aliphatic rings. The average Bonchev–Trinajstić information content (AvgIpc) is 2.85. The smallest absolute Gasteiger partial charge is 0.391 e. The highest BCUT2D eigenvalue weighted by atomic mass is 19.4. The van der Waals surface area contributed by atoms with Crippen molar-refractivity contribution < 1.29 is 32.6 Å². The van der Waals surface area contributed by atoms with Gasteiger partial charge in [-0.1, -0.05) is 6.42 Å². The molecule has 1 aliphatic carbocycles. The number of halogens is 3. The molecule has 0 aromatic heterocycles. The van der Waals surface area contributed by atoms with Crippen LogP contribution < -0.4 is 5.32 Å². The Morgan fingerprint density at radius 1 is 1.32 bits per heavy atom. The normalized spacial score (nSPS) is 32.7. The first-order valence-corrected chi connectivity index (χ1v) is 7.40. The summed E-state index contributed by atoms with van der Waals surface area (Å²) in [6, 6.07) is 0. The van der Waals surface area contributed by atoms with Crippen LogP contribution in [0.5, 0.6) is 0 Å². The molecule has 3 atom stereocenters. The van der Waals surface area contributed by atoms with Gasteiger partial charge in [0.25, 0.3) is 0 Å². The van der Waals surface area contributed by atoms with E-state index in [1.807, 2.05) is 0 Å². The number of hydrogen-bond donors (Lipinski definition) is 2. The Labute approximate surface area is 126 Å². The number of carboxylic acids is 1. The number of alkyl halides is 3. The molecule has 5 nitrogen and oxygen atoms in total. The molecule has 0 radical (unpaired) electrons. The fourth-order valence-electron chi connectivity index (χ4n) is 3.27. The van der Waals surface area contributed by atoms with E-state index in [1.165, 1.54) is 0 Å². The lowest BCUT2D eigenvalue weighted by molar-refractivity contribution is -0.186. The van der Waals surface area contributed by atoms with Gasteiger partial charge in [0.2, 0.25) is 5.91 Å². The van der Waals surface area contributed by atoms with Crippen LogP contribution in [-0.4, -0.2) is 41.9 Å². The highest BCUT2D eigenvalue weighted by Crippen LogP contribution is 2.40. The first-order chi connectivity index (χ1) is 10.2. The Balaban J connectivity index is 1.99. The van der Waals surface area contributed by atoms with Gasteiger partial charge in [-0.3, -0.25) is 9.59 Å². The summed E-state index contributed by atoms with van der Waals surface area (Å²) < 4.78 is 43.6. The van der Waals surface area contributed by atoms with E-state index in [1.54, 1.807) is 0 Å². The molecule has 126 valence electrons. The number of nitrogens with one attached hydrogen (secondary N) is 1. The first-order valence-electron chi connectivity index (χ1n) is 7.40. The van der Waals surface area contributed by atoms with Gasteiger partial charge in [-0.2, -0.15) is 13.2 Å². The third kappa shape index (κ3) is 4.12. The van der Waals surface area contributed by atoms with Crippen LogP contribution in [0.1, 0.15) is 38.5 Å². The summed E-state index contributed by atoms with van der Waals surface area (Å²) in [5.41, 5.74) is -0.992. The Morgan fingerprint density at radius 2 is 2.05 bits per heavy atom. The minimum Gasteiger partial charge on any atom is -0.481 e. The van der Waals surface area contributed by atoms with Crippen LogP contribution in [0, 0.1) is 11.8 Å². The van der Waals surface area contributed by atoms with Crippen molar-refractivity contribution in [1.82, 2.24) is 5.32 Å². The van der Waals surface area contributed by atoms with Crippen molar-refractivity contribution in [2.24, 2.45) is 11.8 Å². The van der Waals surface area contributed by atoms with Crippen LogP contribution >= 0.6 is 0 Å². The molecule has 2 rings (SSSR count). The molecule has 1 amide bonds. The molecule has 0 aromatic carbocycles. The Hall–Kier alpha value is -1.31. The van der Waals surface area contributed by atoms with Crippen molar-refractivity contribution in [3.63, 3.8) is 0 Å². The van der Waals surface area contributed by atoms with Gasteiger partial charge in [-0.25, -0.2) is 0 Å². The lowest BCUT2D eigenvalue weighted by atomic mass is 9.80. The standard InChI is InChI=1S/C14H20F3NO4/c15-14(16,17)10-3-1-2-9(6-10)12(21)18-13(7-11(19)20)4-5-22-8-13/h9-10H,1-8H2,(H,18,21)(H,19,20). The van der Waals surface area contributed by atoms with Crippen LogP contribution in [0.2, 0.25) is 0 Å². The molecule has 2 N–H and O–H groups in total. The molecule has 22 heavy (non-hydrogen) atoms. The van der Waals surface area contributed by atoms with Gasteiger partial charge < -0.3 is 15.2 Å². The third-order valence-electron chi connectivity index (χ3n) is 4.49. The maximum Gasteiger partial charge on any atom is 0.391 e. The van der Waals surface area contributed by atoms with E-state index in [2.05, 4.69) is 5.32 Å². The van der Waals surface area contributed by atoms with Crippen molar-refractivity contribution in [3.8, 4) is 0 Å². The molecule has 1 saturated heterocycles. The van der Waals surface area contributed by atoms with Crippen molar-refractivity contribution in [3.05, 3.63) is 0 Å². The summed E-state index contributed by atoms with van der Waals surface area (Å²) in [6.07, 6.45) is -3.62. The predicted octanol–water partition coefficient (Wildman–Crippen LogP) is 2.11. The number of hydrogen-bond acceptors (Lipinski definition) is 3. The van der Waals surface area contributed by atoms with E-state index in [0.29, 0.717) is 25.9 Å². The van der Waals surface area contributed by atoms with Gasteiger partial charge in [-0.05, 0) is 25.7 Å². The Morgan fingerprint density at radius 3 is 2.59 bits per heavy atom. The number of carbonyl (C=O) groups excluding carboxylic acids is 1. The third-order valence-corrected chi connectivity index (χ3v) is 4.49. The maximum absolute atomic E-state index is 12.8. The minimum absolute atomic E-state index is 0.0522. The summed E-state index contributed by atoms with van der Waals surface area (Å²) >= 11 is 0. The molecule has 1 aliphatic heterocycles. The fourth-order valence-corrected chi connectivity index (χ4v) is 3.27. The van der Waals surface area contributed by atoms with E-state index >= 15 is 0 Å². The Kier molecular flexibility index (Phi) is 4.99. The van der Waals surface area contributed by atoms with E-state index in [9.17, 15) is 22.8 Å². The number of carbonyl (C=O) groups is 2. The number of ether oxygens (including phenoxy) is 1. The van der Waals surface area contributed by atoms with Gasteiger partial charge in [0, 0.05) is 12.5 Å². The molecular formula is C14H20F3NO4. The highest BCUT2D eigenvalue weighted by molar-refractivity contribution is 5.80. The SMILES string of the molecule is O=C(O)CC1(NC(=O)C2CCCC(C(F)(F)F)C2)CCOC1. The summed E-state index contributed by atoms with van der Waals surface area (Å²) in [4.78, 5) is 23.2. The minimum atomic E-state index is -4.28. The molecule has 0 spiro atoms. The largest absolute Gasteiger partial charge is 0.481 e. The molecule has 0 aromatic rings. The number of carboxylic acid groups (broad SMARTS) is 1. The number of rotatable bonds is 4. The van der Waals surface area contributed by atoms with E-state index in [0.717, 1.165) is 0 Å². The second kappa shape index (κ2) is 6.44. The number of amides is 1. The van der Waals surface area contributed by atoms with E-state index in [-0.39, 0.29) is 25.9 Å². The molecule has 8 heteroatoms. The van der Waals surface area contributed by atoms with Crippen LogP contribution in [0.15, 0.2) is 0 Å². The zero-order valence-corrected chi connectivity index (χ0v) is 12.1. The van der Waals surface area contributed by atoms with Crippen molar-refractivity contribution in [2.75, 3.05) is 13.2 Å². The summed E-state index contributed by atoms with van der Waals surface area (Å²) in [5, 5.41) is 11.6. The Bertz CT molecular complexity index is 432. The quantitative estimate of drug-likeness (QED) is 0.831. The topological polar surface area (TPSA) is 75.6 Å². The second-order valence-corrected chi connectivity index (χ2v) is 6.24. The molecular weight excluding hydrogens is 303 g/mol. The molecule has 0 bridgehead atoms. The first kappa shape index (κ1) is 17.1. The zero-order chi connectivity index (χ0) is 16.4. The number of aliphatic carboxylic acids is 1. The monoisotopic (exact) mass is 323 g/mol. The van der Waals surface area contributed by atoms with Crippen LogP contribution in [0.25, 0.3) is 0 Å². The lowest BCUT2D eigenvalue weighted by Crippen LogP contribution is -2.53. The maximum atomic E-state index is 12.8. The fraction of sp³-hybridized carbons (Fsp3) is 0.857. The predicted molar refractivity (Wildman–Crippen MR) is 70.1 cm³/mol. The highest BCUT2D eigenvalue weighted by Gasteiger charge is 2.45. The van der Waals surface area contributed by atoms with Crippen LogP contribution in [0.4, 0.5) is 13.2 Å². The van der Waals surface area contributed by atoms with Gasteiger partial charge in [0.15, 0.2) is 0 Å². The summed E-state index contributed by atoms with van der Waals surface area (Å²) in [6.45, 7) is 0.420. The van der Waals surface area contributed by atoms with Gasteiger partial charge in [-0.15, -0.1) is 0 Å². The van der Waals surface area contributed by atoms with Gasteiger partial charge in [0.05, 0.1) is 24.5 Å². The van der Waals surface area contributed by atoms with E-state index < -0.39 is 35.4 Å². The van der Waals surface area contributed by atoms with Crippen molar-refractivity contribution >= 4 is 11.9 Å².